The van der Waals surface area contributed by atoms with Crippen LogP contribution in [0.4, 0.5) is 5.69 Å². The van der Waals surface area contributed by atoms with Gasteiger partial charge in [-0.25, -0.2) is 0 Å². The standard InChI is InChI=1S/C14H20N4O/c15-14(16-19)12-5-1-2-6-13(12)18-9-8-17-7-3-4-11(17)10-18/h1-2,5-6,11,19H,3-4,7-10H2,(H2,15,16). The van der Waals surface area contributed by atoms with Crippen molar-refractivity contribution in [2.24, 2.45) is 10.9 Å². The SMILES string of the molecule is NC(=NO)c1ccccc1N1CCN2CCCC2C1. The Hall–Kier alpha value is -1.75. The minimum atomic E-state index is 0.185. The lowest BCUT2D eigenvalue weighted by atomic mass is 10.1. The van der Waals surface area contributed by atoms with Crippen molar-refractivity contribution in [3.8, 4) is 0 Å². The summed E-state index contributed by atoms with van der Waals surface area (Å²) in [5.74, 6) is 0.185. The Morgan fingerprint density at radius 2 is 2.11 bits per heavy atom. The van der Waals surface area contributed by atoms with Crippen LogP contribution in [0.15, 0.2) is 29.4 Å². The van der Waals surface area contributed by atoms with Gasteiger partial charge in [0.2, 0.25) is 0 Å². The summed E-state index contributed by atoms with van der Waals surface area (Å²) in [4.78, 5) is 4.93. The lowest BCUT2D eigenvalue weighted by Crippen LogP contribution is -2.50. The Kier molecular flexibility index (Phi) is 3.29. The third-order valence-corrected chi connectivity index (χ3v) is 4.22. The van der Waals surface area contributed by atoms with E-state index in [-0.39, 0.29) is 5.84 Å². The number of amidine groups is 1. The van der Waals surface area contributed by atoms with Gasteiger partial charge in [-0.3, -0.25) is 4.90 Å². The van der Waals surface area contributed by atoms with Crippen molar-refractivity contribution in [1.29, 1.82) is 0 Å². The summed E-state index contributed by atoms with van der Waals surface area (Å²) >= 11 is 0. The van der Waals surface area contributed by atoms with Crippen LogP contribution in [0.25, 0.3) is 0 Å². The third-order valence-electron chi connectivity index (χ3n) is 4.22. The molecule has 0 amide bonds. The van der Waals surface area contributed by atoms with Crippen molar-refractivity contribution in [3.63, 3.8) is 0 Å². The predicted molar refractivity (Wildman–Crippen MR) is 75.8 cm³/mol. The van der Waals surface area contributed by atoms with Gasteiger partial charge in [0.25, 0.3) is 0 Å². The molecular weight excluding hydrogens is 240 g/mol. The maximum absolute atomic E-state index is 8.90. The zero-order valence-electron chi connectivity index (χ0n) is 11.0. The van der Waals surface area contributed by atoms with E-state index in [1.165, 1.54) is 19.4 Å². The van der Waals surface area contributed by atoms with Crippen molar-refractivity contribution < 1.29 is 5.21 Å². The average molecular weight is 260 g/mol. The van der Waals surface area contributed by atoms with Crippen LogP contribution in [0.5, 0.6) is 0 Å². The van der Waals surface area contributed by atoms with Gasteiger partial charge in [-0.15, -0.1) is 0 Å². The molecule has 0 radical (unpaired) electrons. The molecule has 1 atom stereocenters. The number of piperazine rings is 1. The number of para-hydroxylation sites is 1. The maximum Gasteiger partial charge on any atom is 0.172 e. The van der Waals surface area contributed by atoms with Crippen LogP contribution >= 0.6 is 0 Å². The molecule has 2 fully saturated rings. The molecule has 5 heteroatoms. The number of nitrogens with zero attached hydrogens (tertiary/aromatic N) is 3. The van der Waals surface area contributed by atoms with Gasteiger partial charge in [-0.05, 0) is 31.5 Å². The fraction of sp³-hybridized carbons (Fsp3) is 0.500. The largest absolute Gasteiger partial charge is 0.409 e. The zero-order valence-corrected chi connectivity index (χ0v) is 11.0. The number of hydrogen-bond acceptors (Lipinski definition) is 4. The molecule has 3 rings (SSSR count). The van der Waals surface area contributed by atoms with Crippen molar-refractivity contribution in [2.45, 2.75) is 18.9 Å². The molecule has 0 aliphatic carbocycles. The normalized spacial score (nSPS) is 24.5. The Labute approximate surface area is 113 Å². The fourth-order valence-corrected chi connectivity index (χ4v) is 3.23. The molecular formula is C14H20N4O. The number of oxime groups is 1. The molecule has 1 unspecified atom stereocenters. The topological polar surface area (TPSA) is 65.1 Å². The van der Waals surface area contributed by atoms with Gasteiger partial charge in [0.15, 0.2) is 5.84 Å². The van der Waals surface area contributed by atoms with Gasteiger partial charge in [0.1, 0.15) is 0 Å². The number of fused-ring (bicyclic) bond motifs is 1. The van der Waals surface area contributed by atoms with Gasteiger partial charge in [-0.1, -0.05) is 17.3 Å². The molecule has 1 aromatic carbocycles. The number of nitrogens with two attached hydrogens (primary N) is 1. The molecule has 0 saturated carbocycles. The first kappa shape index (κ1) is 12.3. The first-order valence-corrected chi connectivity index (χ1v) is 6.85. The highest BCUT2D eigenvalue weighted by molar-refractivity contribution is 6.02. The Morgan fingerprint density at radius 1 is 1.26 bits per heavy atom. The summed E-state index contributed by atoms with van der Waals surface area (Å²) in [6, 6.07) is 8.55. The fourth-order valence-electron chi connectivity index (χ4n) is 3.23. The van der Waals surface area contributed by atoms with Crippen molar-refractivity contribution in [3.05, 3.63) is 29.8 Å². The van der Waals surface area contributed by atoms with E-state index in [1.807, 2.05) is 18.2 Å². The average Bonchev–Trinajstić information content (AvgIpc) is 2.93. The second-order valence-corrected chi connectivity index (χ2v) is 5.28. The van der Waals surface area contributed by atoms with E-state index in [4.69, 9.17) is 10.9 Å². The number of rotatable bonds is 2. The van der Waals surface area contributed by atoms with Gasteiger partial charge in [0, 0.05) is 36.9 Å². The van der Waals surface area contributed by atoms with Crippen LogP contribution in [0.3, 0.4) is 0 Å². The summed E-state index contributed by atoms with van der Waals surface area (Å²) in [5.41, 5.74) is 7.66. The molecule has 102 valence electrons. The first-order chi connectivity index (χ1) is 9.29. The van der Waals surface area contributed by atoms with Gasteiger partial charge in [0.05, 0.1) is 0 Å². The maximum atomic E-state index is 8.90. The van der Waals surface area contributed by atoms with Crippen LogP contribution in [0.2, 0.25) is 0 Å². The molecule has 2 aliphatic rings. The second kappa shape index (κ2) is 5.09. The van der Waals surface area contributed by atoms with E-state index in [9.17, 15) is 0 Å². The molecule has 5 nitrogen and oxygen atoms in total. The van der Waals surface area contributed by atoms with Crippen molar-refractivity contribution in [2.75, 3.05) is 31.1 Å². The van der Waals surface area contributed by atoms with Gasteiger partial charge in [-0.2, -0.15) is 0 Å². The van der Waals surface area contributed by atoms with Crippen molar-refractivity contribution in [1.82, 2.24) is 4.90 Å². The van der Waals surface area contributed by atoms with Crippen LogP contribution in [-0.4, -0.2) is 48.2 Å². The summed E-state index contributed by atoms with van der Waals surface area (Å²) in [6.45, 7) is 4.39. The molecule has 2 heterocycles. The minimum Gasteiger partial charge on any atom is -0.409 e. The highest BCUT2D eigenvalue weighted by atomic mass is 16.4. The van der Waals surface area contributed by atoms with E-state index in [0.717, 1.165) is 30.9 Å². The predicted octanol–water partition coefficient (Wildman–Crippen LogP) is 1.07. The number of anilines is 1. The molecule has 2 saturated heterocycles. The van der Waals surface area contributed by atoms with Gasteiger partial charge >= 0.3 is 0 Å². The summed E-state index contributed by atoms with van der Waals surface area (Å²) in [5, 5.41) is 12.0. The summed E-state index contributed by atoms with van der Waals surface area (Å²) in [6.07, 6.45) is 2.59. The van der Waals surface area contributed by atoms with E-state index in [1.54, 1.807) is 0 Å². The van der Waals surface area contributed by atoms with E-state index < -0.39 is 0 Å². The number of benzene rings is 1. The van der Waals surface area contributed by atoms with E-state index >= 15 is 0 Å². The lowest BCUT2D eigenvalue weighted by molar-refractivity contribution is 0.231. The lowest BCUT2D eigenvalue weighted by Gasteiger charge is -2.39. The molecule has 0 aromatic heterocycles. The van der Waals surface area contributed by atoms with Crippen LogP contribution in [-0.2, 0) is 0 Å². The van der Waals surface area contributed by atoms with Crippen LogP contribution in [0, 0.1) is 0 Å². The van der Waals surface area contributed by atoms with Crippen LogP contribution in [0.1, 0.15) is 18.4 Å². The smallest absolute Gasteiger partial charge is 0.172 e. The quantitative estimate of drug-likeness (QED) is 0.361. The molecule has 2 aliphatic heterocycles. The first-order valence-electron chi connectivity index (χ1n) is 6.85. The van der Waals surface area contributed by atoms with Crippen LogP contribution < -0.4 is 10.6 Å². The molecule has 19 heavy (non-hydrogen) atoms. The highest BCUT2D eigenvalue weighted by Gasteiger charge is 2.31. The van der Waals surface area contributed by atoms with Gasteiger partial charge < -0.3 is 15.8 Å². The molecule has 1 aromatic rings. The Bertz CT molecular complexity index is 488. The summed E-state index contributed by atoms with van der Waals surface area (Å²) < 4.78 is 0. The summed E-state index contributed by atoms with van der Waals surface area (Å²) in [7, 11) is 0. The molecule has 0 bridgehead atoms. The Morgan fingerprint density at radius 3 is 2.95 bits per heavy atom. The van der Waals surface area contributed by atoms with Crippen molar-refractivity contribution >= 4 is 11.5 Å². The second-order valence-electron chi connectivity index (χ2n) is 5.28. The zero-order chi connectivity index (χ0) is 13.2. The molecule has 3 N–H and O–H groups in total. The van der Waals surface area contributed by atoms with E-state index in [2.05, 4.69) is 21.0 Å². The number of hydrogen-bond donors (Lipinski definition) is 2. The highest BCUT2D eigenvalue weighted by Crippen LogP contribution is 2.27. The van der Waals surface area contributed by atoms with E-state index in [0.29, 0.717) is 6.04 Å². The Balaban J connectivity index is 1.86. The third kappa shape index (κ3) is 2.26. The molecule has 0 spiro atoms. The monoisotopic (exact) mass is 260 g/mol. The minimum absolute atomic E-state index is 0.185.